The number of piperazine rings is 1. The number of ether oxygens (including phenoxy) is 1. The largest absolute Gasteiger partial charge is 0.445 e. The van der Waals surface area contributed by atoms with Gasteiger partial charge in [-0.2, -0.15) is 0 Å². The van der Waals surface area contributed by atoms with Crippen LogP contribution in [0.15, 0.2) is 48.5 Å². The van der Waals surface area contributed by atoms with Crippen molar-refractivity contribution in [1.82, 2.24) is 14.7 Å². The third-order valence-electron chi connectivity index (χ3n) is 7.84. The Labute approximate surface area is 223 Å². The number of halogens is 2. The Kier molecular flexibility index (Phi) is 8.04. The Balaban J connectivity index is 1.35. The monoisotopic (exact) mass is 529 g/mol. The molecule has 5 rings (SSSR count). The van der Waals surface area contributed by atoms with Crippen LogP contribution < -0.4 is 0 Å². The van der Waals surface area contributed by atoms with Gasteiger partial charge in [-0.15, -0.1) is 0 Å². The standard InChI is InChI=1S/C28H33Cl2N3O3/c29-22-12-11-21(17-23(22)30)18-26(34)33-16-15-32(28(35)36-19-20-7-2-1-3-8-20)25-10-6-9-24(27(25)33)31-13-4-5-14-31/h1-3,7-8,11-12,17,24-25,27H,4-6,9-10,13-16,18-19H2/t24-,25-,27+/m0/s1. The molecule has 2 saturated heterocycles. The molecule has 1 saturated carbocycles. The number of rotatable bonds is 5. The average Bonchev–Trinajstić information content (AvgIpc) is 3.44. The van der Waals surface area contributed by atoms with Gasteiger partial charge < -0.3 is 14.5 Å². The summed E-state index contributed by atoms with van der Waals surface area (Å²) in [4.78, 5) is 33.4. The Morgan fingerprint density at radius 2 is 1.53 bits per heavy atom. The zero-order valence-corrected chi connectivity index (χ0v) is 22.0. The molecule has 0 bridgehead atoms. The number of hydrogen-bond donors (Lipinski definition) is 0. The van der Waals surface area contributed by atoms with Crippen LogP contribution in [0.5, 0.6) is 0 Å². The molecule has 0 N–H and O–H groups in total. The number of amides is 2. The molecule has 3 atom stereocenters. The molecule has 0 spiro atoms. The molecule has 8 heteroatoms. The number of likely N-dealkylation sites (tertiary alicyclic amines) is 1. The van der Waals surface area contributed by atoms with Crippen LogP contribution >= 0.6 is 23.2 Å². The molecule has 0 aromatic heterocycles. The van der Waals surface area contributed by atoms with Crippen molar-refractivity contribution in [3.63, 3.8) is 0 Å². The summed E-state index contributed by atoms with van der Waals surface area (Å²) in [7, 11) is 0. The Morgan fingerprint density at radius 1 is 0.806 bits per heavy atom. The number of hydrogen-bond acceptors (Lipinski definition) is 4. The fraction of sp³-hybridized carbons (Fsp3) is 0.500. The first-order chi connectivity index (χ1) is 17.5. The summed E-state index contributed by atoms with van der Waals surface area (Å²) in [6.45, 7) is 3.35. The smallest absolute Gasteiger partial charge is 0.410 e. The Morgan fingerprint density at radius 3 is 2.28 bits per heavy atom. The summed E-state index contributed by atoms with van der Waals surface area (Å²) < 4.78 is 5.74. The fourth-order valence-corrected chi connectivity index (χ4v) is 6.46. The summed E-state index contributed by atoms with van der Waals surface area (Å²) >= 11 is 12.3. The van der Waals surface area contributed by atoms with E-state index in [2.05, 4.69) is 4.90 Å². The maximum atomic E-state index is 13.7. The molecule has 0 unspecified atom stereocenters. The first kappa shape index (κ1) is 25.4. The number of carbonyl (C=O) groups excluding carboxylic acids is 2. The lowest BCUT2D eigenvalue weighted by atomic mass is 9.81. The van der Waals surface area contributed by atoms with E-state index in [4.69, 9.17) is 27.9 Å². The van der Waals surface area contributed by atoms with Crippen molar-refractivity contribution in [2.45, 2.75) is 63.3 Å². The van der Waals surface area contributed by atoms with E-state index in [0.717, 1.165) is 43.5 Å². The molecule has 3 aliphatic rings. The highest BCUT2D eigenvalue weighted by atomic mass is 35.5. The van der Waals surface area contributed by atoms with E-state index in [0.29, 0.717) is 23.1 Å². The van der Waals surface area contributed by atoms with Crippen molar-refractivity contribution >= 4 is 35.2 Å². The molecule has 3 fully saturated rings. The minimum atomic E-state index is -0.285. The summed E-state index contributed by atoms with van der Waals surface area (Å²) in [5, 5.41) is 0.940. The van der Waals surface area contributed by atoms with E-state index >= 15 is 0 Å². The Bertz CT molecular complexity index is 1080. The molecular weight excluding hydrogens is 497 g/mol. The first-order valence-corrected chi connectivity index (χ1v) is 13.7. The predicted octanol–water partition coefficient (Wildman–Crippen LogP) is 5.40. The molecular formula is C28H33Cl2N3O3. The van der Waals surface area contributed by atoms with Gasteiger partial charge in [0.15, 0.2) is 0 Å². The SMILES string of the molecule is O=C(Cc1ccc(Cl)c(Cl)c1)N1CCN(C(=O)OCc2ccccc2)[C@H]2CCC[C@H](N3CCCC3)[C@H]21. The van der Waals surface area contributed by atoms with Crippen molar-refractivity contribution in [2.75, 3.05) is 26.2 Å². The van der Waals surface area contributed by atoms with Gasteiger partial charge in [0.25, 0.3) is 0 Å². The zero-order valence-electron chi connectivity index (χ0n) is 20.5. The number of benzene rings is 2. The zero-order chi connectivity index (χ0) is 25.1. The number of carbonyl (C=O) groups is 2. The second kappa shape index (κ2) is 11.4. The normalized spacial score (nSPS) is 24.4. The molecule has 2 aromatic carbocycles. The lowest BCUT2D eigenvalue weighted by molar-refractivity contribution is -0.142. The number of nitrogens with zero attached hydrogens (tertiary/aromatic N) is 3. The van der Waals surface area contributed by atoms with E-state index in [1.807, 2.05) is 46.2 Å². The summed E-state index contributed by atoms with van der Waals surface area (Å²) in [6, 6.07) is 15.3. The highest BCUT2D eigenvalue weighted by Gasteiger charge is 2.48. The van der Waals surface area contributed by atoms with Crippen molar-refractivity contribution in [3.05, 3.63) is 69.7 Å². The molecule has 192 valence electrons. The average molecular weight is 530 g/mol. The second-order valence-corrected chi connectivity index (χ2v) is 10.9. The van der Waals surface area contributed by atoms with Gasteiger partial charge in [0, 0.05) is 19.1 Å². The maximum Gasteiger partial charge on any atom is 0.410 e. The highest BCUT2D eigenvalue weighted by molar-refractivity contribution is 6.42. The van der Waals surface area contributed by atoms with Crippen molar-refractivity contribution in [1.29, 1.82) is 0 Å². The molecule has 1 aliphatic carbocycles. The molecule has 36 heavy (non-hydrogen) atoms. The van der Waals surface area contributed by atoms with Gasteiger partial charge in [-0.05, 0) is 68.5 Å². The van der Waals surface area contributed by atoms with Gasteiger partial charge in [-0.25, -0.2) is 4.79 Å². The van der Waals surface area contributed by atoms with E-state index in [-0.39, 0.29) is 43.2 Å². The van der Waals surface area contributed by atoms with Gasteiger partial charge in [0.2, 0.25) is 5.91 Å². The molecule has 2 aliphatic heterocycles. The van der Waals surface area contributed by atoms with Gasteiger partial charge in [0.1, 0.15) is 6.61 Å². The topological polar surface area (TPSA) is 53.1 Å². The molecule has 2 aromatic rings. The minimum absolute atomic E-state index is 0.0369. The molecule has 2 amide bonds. The van der Waals surface area contributed by atoms with Gasteiger partial charge in [-0.3, -0.25) is 9.69 Å². The van der Waals surface area contributed by atoms with E-state index in [1.165, 1.54) is 12.8 Å². The van der Waals surface area contributed by atoms with Crippen LogP contribution in [0.3, 0.4) is 0 Å². The van der Waals surface area contributed by atoms with Crippen molar-refractivity contribution < 1.29 is 14.3 Å². The third-order valence-corrected chi connectivity index (χ3v) is 8.58. The molecule has 2 heterocycles. The van der Waals surface area contributed by atoms with Crippen LogP contribution in [0.25, 0.3) is 0 Å². The quantitative estimate of drug-likeness (QED) is 0.520. The third kappa shape index (κ3) is 5.51. The fourth-order valence-electron chi connectivity index (χ4n) is 6.14. The van der Waals surface area contributed by atoms with Crippen LogP contribution in [0.1, 0.15) is 43.2 Å². The summed E-state index contributed by atoms with van der Waals surface area (Å²) in [5.74, 6) is 0.0757. The van der Waals surface area contributed by atoms with Crippen LogP contribution in [0.4, 0.5) is 4.79 Å². The summed E-state index contributed by atoms with van der Waals surface area (Å²) in [6.07, 6.45) is 5.33. The predicted molar refractivity (Wildman–Crippen MR) is 141 cm³/mol. The lowest BCUT2D eigenvalue weighted by Crippen LogP contribution is -2.69. The summed E-state index contributed by atoms with van der Waals surface area (Å²) in [5.41, 5.74) is 1.82. The first-order valence-electron chi connectivity index (χ1n) is 13.0. The van der Waals surface area contributed by atoms with Crippen molar-refractivity contribution in [2.24, 2.45) is 0 Å². The van der Waals surface area contributed by atoms with Crippen LogP contribution in [-0.4, -0.2) is 71.0 Å². The lowest BCUT2D eigenvalue weighted by Gasteiger charge is -2.54. The van der Waals surface area contributed by atoms with E-state index < -0.39 is 0 Å². The van der Waals surface area contributed by atoms with Crippen LogP contribution in [0, 0.1) is 0 Å². The molecule has 0 radical (unpaired) electrons. The number of fused-ring (bicyclic) bond motifs is 1. The van der Waals surface area contributed by atoms with Crippen LogP contribution in [-0.2, 0) is 22.6 Å². The van der Waals surface area contributed by atoms with E-state index in [9.17, 15) is 9.59 Å². The molecule has 6 nitrogen and oxygen atoms in total. The van der Waals surface area contributed by atoms with Crippen molar-refractivity contribution in [3.8, 4) is 0 Å². The Hall–Kier alpha value is -2.28. The van der Waals surface area contributed by atoms with Gasteiger partial charge in [0.05, 0.1) is 28.5 Å². The highest BCUT2D eigenvalue weighted by Crippen LogP contribution is 2.36. The van der Waals surface area contributed by atoms with Gasteiger partial charge >= 0.3 is 6.09 Å². The second-order valence-electron chi connectivity index (χ2n) is 10.0. The van der Waals surface area contributed by atoms with Gasteiger partial charge in [-0.1, -0.05) is 59.6 Å². The van der Waals surface area contributed by atoms with Crippen LogP contribution in [0.2, 0.25) is 10.0 Å². The minimum Gasteiger partial charge on any atom is -0.445 e. The van der Waals surface area contributed by atoms with E-state index in [1.54, 1.807) is 12.1 Å². The maximum absolute atomic E-state index is 13.7.